The molecule has 132 valence electrons. The van der Waals surface area contributed by atoms with Gasteiger partial charge in [-0.25, -0.2) is 10.5 Å². The van der Waals surface area contributed by atoms with Crippen molar-refractivity contribution in [2.75, 3.05) is 0 Å². The number of carbonyl (C=O) groups is 1. The fourth-order valence-electron chi connectivity index (χ4n) is 2.43. The number of benzene rings is 1. The molecule has 27 heavy (non-hydrogen) atoms. The highest BCUT2D eigenvalue weighted by Crippen LogP contribution is 2.24. The van der Waals surface area contributed by atoms with E-state index in [0.29, 0.717) is 16.6 Å². The minimum atomic E-state index is -0.707. The van der Waals surface area contributed by atoms with Gasteiger partial charge in [0, 0.05) is 28.9 Å². The first kappa shape index (κ1) is 18.1. The van der Waals surface area contributed by atoms with Crippen LogP contribution in [0, 0.1) is 23.7 Å². The van der Waals surface area contributed by atoms with Gasteiger partial charge in [0.05, 0.1) is 16.8 Å². The van der Waals surface area contributed by atoms with Crippen molar-refractivity contribution in [3.05, 3.63) is 59.9 Å². The predicted molar refractivity (Wildman–Crippen MR) is 101 cm³/mol. The summed E-state index contributed by atoms with van der Waals surface area (Å²) >= 11 is 0. The van der Waals surface area contributed by atoms with E-state index in [9.17, 15) is 4.79 Å². The van der Waals surface area contributed by atoms with Crippen molar-refractivity contribution in [3.8, 4) is 34.9 Å². The molecule has 0 bridgehead atoms. The summed E-state index contributed by atoms with van der Waals surface area (Å²) in [6.07, 6.45) is 2.41. The average molecular weight is 357 g/mol. The summed E-state index contributed by atoms with van der Waals surface area (Å²) in [6.45, 7) is 1.57. The third kappa shape index (κ3) is 4.28. The van der Waals surface area contributed by atoms with Crippen LogP contribution in [0.5, 0.6) is 0 Å². The Morgan fingerprint density at radius 2 is 1.96 bits per heavy atom. The van der Waals surface area contributed by atoms with Crippen molar-refractivity contribution in [2.24, 2.45) is 0 Å². The molecule has 1 atom stereocenters. The summed E-state index contributed by atoms with van der Waals surface area (Å²) in [5.74, 6) is 10.1. The van der Waals surface area contributed by atoms with E-state index < -0.39 is 12.0 Å². The van der Waals surface area contributed by atoms with Gasteiger partial charge in [0.15, 0.2) is 0 Å². The van der Waals surface area contributed by atoms with Gasteiger partial charge in [0.2, 0.25) is 0 Å². The summed E-state index contributed by atoms with van der Waals surface area (Å²) in [5, 5.41) is 18.6. The first-order chi connectivity index (χ1) is 13.1. The average Bonchev–Trinajstić information content (AvgIpc) is 2.70. The summed E-state index contributed by atoms with van der Waals surface area (Å²) in [5.41, 5.74) is 4.67. The Hall–Kier alpha value is -3.71. The van der Waals surface area contributed by atoms with Crippen LogP contribution in [0.2, 0.25) is 0 Å². The van der Waals surface area contributed by atoms with E-state index in [-0.39, 0.29) is 5.56 Å². The number of hydrogen-bond acceptors (Lipinski definition) is 5. The molecule has 1 unspecified atom stereocenters. The highest BCUT2D eigenvalue weighted by atomic mass is 16.5. The van der Waals surface area contributed by atoms with E-state index in [0.717, 1.165) is 11.1 Å². The largest absolute Gasteiger partial charge is 0.381 e. The van der Waals surface area contributed by atoms with Gasteiger partial charge in [0.25, 0.3) is 5.91 Å². The molecule has 0 aliphatic heterocycles. The molecule has 1 amide bonds. The van der Waals surface area contributed by atoms with Crippen molar-refractivity contribution >= 4 is 16.8 Å². The fraction of sp³-hybridized carbons (Fsp3) is 0.0952. The van der Waals surface area contributed by atoms with Crippen LogP contribution in [0.15, 0.2) is 48.8 Å². The Labute approximate surface area is 155 Å². The molecule has 1 aromatic carbocycles. The maximum atomic E-state index is 12.0. The lowest BCUT2D eigenvalue weighted by Gasteiger charge is -2.08. The van der Waals surface area contributed by atoms with Crippen LogP contribution in [0.1, 0.15) is 22.8 Å². The zero-order valence-corrected chi connectivity index (χ0v) is 14.4. The van der Waals surface area contributed by atoms with Crippen LogP contribution in [0.3, 0.4) is 0 Å². The van der Waals surface area contributed by atoms with Crippen LogP contribution in [-0.4, -0.2) is 32.3 Å². The van der Waals surface area contributed by atoms with Crippen molar-refractivity contribution in [1.29, 1.82) is 0 Å². The standard InChI is InChI=1S/C21H15N3O3/c1-14(25)4-2-3-5-15-6-8-16(9-7-15)20-12-17(21(26)24-27)18-13-22-11-10-19(18)23-20/h6-14,25,27H,1H3,(H,24,26). The normalized spacial score (nSPS) is 10.9. The minimum Gasteiger partial charge on any atom is -0.381 e. The zero-order valence-electron chi connectivity index (χ0n) is 14.4. The van der Waals surface area contributed by atoms with E-state index >= 15 is 0 Å². The quantitative estimate of drug-likeness (QED) is 0.371. The molecule has 2 aromatic heterocycles. The van der Waals surface area contributed by atoms with Gasteiger partial charge in [-0.2, -0.15) is 0 Å². The van der Waals surface area contributed by atoms with Crippen LogP contribution in [0.4, 0.5) is 0 Å². The summed E-state index contributed by atoms with van der Waals surface area (Å²) in [4.78, 5) is 20.6. The lowest BCUT2D eigenvalue weighted by molar-refractivity contribution is 0.0708. The highest BCUT2D eigenvalue weighted by Gasteiger charge is 2.13. The highest BCUT2D eigenvalue weighted by molar-refractivity contribution is 6.06. The number of aliphatic hydroxyl groups is 1. The molecule has 0 aliphatic carbocycles. The number of amides is 1. The molecular weight excluding hydrogens is 342 g/mol. The van der Waals surface area contributed by atoms with Crippen LogP contribution in [0.25, 0.3) is 22.2 Å². The van der Waals surface area contributed by atoms with Crippen molar-refractivity contribution in [2.45, 2.75) is 13.0 Å². The second-order valence-corrected chi connectivity index (χ2v) is 5.66. The first-order valence-electron chi connectivity index (χ1n) is 8.07. The second kappa shape index (κ2) is 8.11. The van der Waals surface area contributed by atoms with Gasteiger partial charge in [-0.05, 0) is 43.0 Å². The Morgan fingerprint density at radius 3 is 2.67 bits per heavy atom. The Morgan fingerprint density at radius 1 is 1.19 bits per heavy atom. The number of hydrogen-bond donors (Lipinski definition) is 3. The Balaban J connectivity index is 1.98. The van der Waals surface area contributed by atoms with E-state index in [1.54, 1.807) is 30.7 Å². The topological polar surface area (TPSA) is 95.3 Å². The lowest BCUT2D eigenvalue weighted by atomic mass is 10.0. The summed E-state index contributed by atoms with van der Waals surface area (Å²) in [6, 6.07) is 10.6. The number of rotatable bonds is 2. The zero-order chi connectivity index (χ0) is 19.2. The van der Waals surface area contributed by atoms with Gasteiger partial charge >= 0.3 is 0 Å². The van der Waals surface area contributed by atoms with E-state index in [2.05, 4.69) is 33.6 Å². The molecule has 6 nitrogen and oxygen atoms in total. The second-order valence-electron chi connectivity index (χ2n) is 5.66. The van der Waals surface area contributed by atoms with E-state index in [1.165, 1.54) is 6.20 Å². The molecule has 0 fully saturated rings. The van der Waals surface area contributed by atoms with Gasteiger partial charge in [0.1, 0.15) is 6.10 Å². The molecule has 0 saturated heterocycles. The molecule has 0 saturated carbocycles. The summed E-state index contributed by atoms with van der Waals surface area (Å²) in [7, 11) is 0. The molecular formula is C21H15N3O3. The molecule has 6 heteroatoms. The Bertz CT molecular complexity index is 1110. The van der Waals surface area contributed by atoms with Crippen molar-refractivity contribution in [1.82, 2.24) is 15.4 Å². The third-order valence-electron chi connectivity index (χ3n) is 3.69. The van der Waals surface area contributed by atoms with E-state index in [4.69, 9.17) is 10.3 Å². The number of carbonyl (C=O) groups excluding carboxylic acids is 1. The number of nitrogens with one attached hydrogen (secondary N) is 1. The molecule has 0 radical (unpaired) electrons. The first-order valence-corrected chi connectivity index (χ1v) is 8.07. The Kier molecular flexibility index (Phi) is 5.44. The number of aromatic nitrogens is 2. The van der Waals surface area contributed by atoms with Crippen LogP contribution >= 0.6 is 0 Å². The maximum Gasteiger partial charge on any atom is 0.275 e. The molecule has 3 N–H and O–H groups in total. The smallest absolute Gasteiger partial charge is 0.275 e. The monoisotopic (exact) mass is 357 g/mol. The molecule has 3 aromatic rings. The number of pyridine rings is 2. The maximum absolute atomic E-state index is 12.0. The number of fused-ring (bicyclic) bond motifs is 1. The van der Waals surface area contributed by atoms with Crippen LogP contribution in [-0.2, 0) is 0 Å². The molecule has 2 heterocycles. The van der Waals surface area contributed by atoms with Gasteiger partial charge in [-0.15, -0.1) is 0 Å². The van der Waals surface area contributed by atoms with Gasteiger partial charge in [-0.3, -0.25) is 15.0 Å². The number of aliphatic hydroxyl groups excluding tert-OH is 1. The fourth-order valence-corrected chi connectivity index (χ4v) is 2.43. The van der Waals surface area contributed by atoms with Crippen molar-refractivity contribution in [3.63, 3.8) is 0 Å². The third-order valence-corrected chi connectivity index (χ3v) is 3.69. The molecule has 0 spiro atoms. The van der Waals surface area contributed by atoms with Crippen LogP contribution < -0.4 is 5.48 Å². The molecule has 3 rings (SSSR count). The van der Waals surface area contributed by atoms with Gasteiger partial charge < -0.3 is 5.11 Å². The van der Waals surface area contributed by atoms with E-state index in [1.807, 2.05) is 24.3 Å². The van der Waals surface area contributed by atoms with Gasteiger partial charge in [-0.1, -0.05) is 24.0 Å². The minimum absolute atomic E-state index is 0.280. The lowest BCUT2D eigenvalue weighted by Crippen LogP contribution is -2.19. The SMILES string of the molecule is CC(O)C#CC#Cc1ccc(-c2cc(C(=O)NO)c3cnccc3n2)cc1. The number of nitrogens with zero attached hydrogens (tertiary/aromatic N) is 2. The summed E-state index contributed by atoms with van der Waals surface area (Å²) < 4.78 is 0. The molecule has 0 aliphatic rings. The number of hydroxylamine groups is 1. The van der Waals surface area contributed by atoms with Crippen molar-refractivity contribution < 1.29 is 15.1 Å². The predicted octanol–water partition coefficient (Wildman–Crippen LogP) is 2.15.